The second kappa shape index (κ2) is 9.91. The standard InChI is InChI=1S/C24H22FN7O3/c1-4-22(34)28-16-5-6-21(33)20(10-16)30-23-19(14-7-15(25)9-18(8-14)35-3)12-26-24(31-23)29-17-11-27-32(2)13-17/h4-13,33H,1H2,2-3H3,(H,28,34)(H2,26,29,30,31). The highest BCUT2D eigenvalue weighted by atomic mass is 19.1. The third kappa shape index (κ3) is 5.53. The number of amides is 1. The topological polar surface area (TPSA) is 126 Å². The van der Waals surface area contributed by atoms with Crippen LogP contribution in [0, 0.1) is 5.82 Å². The second-order valence-electron chi connectivity index (χ2n) is 7.41. The van der Waals surface area contributed by atoms with Crippen molar-refractivity contribution in [3.05, 3.63) is 73.5 Å². The van der Waals surface area contributed by atoms with Gasteiger partial charge in [-0.25, -0.2) is 9.37 Å². The number of halogens is 1. The van der Waals surface area contributed by atoms with Crippen LogP contribution in [0.15, 0.2) is 67.6 Å². The Morgan fingerprint density at radius 2 is 2.00 bits per heavy atom. The van der Waals surface area contributed by atoms with E-state index in [0.29, 0.717) is 28.3 Å². The smallest absolute Gasteiger partial charge is 0.247 e. The number of aromatic hydroxyl groups is 1. The monoisotopic (exact) mass is 475 g/mol. The number of hydrogen-bond acceptors (Lipinski definition) is 8. The van der Waals surface area contributed by atoms with Gasteiger partial charge < -0.3 is 25.8 Å². The molecule has 4 aromatic rings. The Balaban J connectivity index is 1.77. The number of anilines is 5. The van der Waals surface area contributed by atoms with Gasteiger partial charge in [-0.2, -0.15) is 10.1 Å². The lowest BCUT2D eigenvalue weighted by atomic mass is 10.1. The maximum absolute atomic E-state index is 14.2. The maximum Gasteiger partial charge on any atom is 0.247 e. The Bertz CT molecular complexity index is 1400. The molecule has 2 aromatic carbocycles. The first-order chi connectivity index (χ1) is 16.8. The van der Waals surface area contributed by atoms with Gasteiger partial charge >= 0.3 is 0 Å². The lowest BCUT2D eigenvalue weighted by Gasteiger charge is -2.15. The highest BCUT2D eigenvalue weighted by molar-refractivity contribution is 5.99. The van der Waals surface area contributed by atoms with Crippen molar-refractivity contribution in [2.45, 2.75) is 0 Å². The third-order valence-electron chi connectivity index (χ3n) is 4.87. The van der Waals surface area contributed by atoms with Gasteiger partial charge in [0, 0.05) is 36.8 Å². The van der Waals surface area contributed by atoms with E-state index in [4.69, 9.17) is 4.74 Å². The molecular formula is C24H22FN7O3. The number of phenolic OH excluding ortho intramolecular Hbond substituents is 1. The number of carbonyl (C=O) groups is 1. The van der Waals surface area contributed by atoms with Gasteiger partial charge in [-0.05, 0) is 42.0 Å². The number of phenols is 1. The van der Waals surface area contributed by atoms with Crippen molar-refractivity contribution in [1.29, 1.82) is 0 Å². The number of nitrogens with one attached hydrogen (secondary N) is 3. The van der Waals surface area contributed by atoms with Crippen LogP contribution in [0.4, 0.5) is 33.2 Å². The van der Waals surface area contributed by atoms with Gasteiger partial charge in [0.1, 0.15) is 23.1 Å². The van der Waals surface area contributed by atoms with Crippen LogP contribution >= 0.6 is 0 Å². The normalized spacial score (nSPS) is 10.5. The number of aryl methyl sites for hydroxylation is 1. The zero-order valence-electron chi connectivity index (χ0n) is 18.9. The summed E-state index contributed by atoms with van der Waals surface area (Å²) in [5.74, 6) is -0.172. The van der Waals surface area contributed by atoms with Crippen molar-refractivity contribution in [2.24, 2.45) is 7.05 Å². The molecule has 2 heterocycles. The lowest BCUT2D eigenvalue weighted by molar-refractivity contribution is -0.111. The van der Waals surface area contributed by atoms with E-state index in [-0.39, 0.29) is 23.2 Å². The predicted octanol–water partition coefficient (Wildman–Crippen LogP) is 4.34. The molecule has 2 aromatic heterocycles. The van der Waals surface area contributed by atoms with E-state index in [0.717, 1.165) is 6.08 Å². The average molecular weight is 475 g/mol. The van der Waals surface area contributed by atoms with E-state index >= 15 is 0 Å². The summed E-state index contributed by atoms with van der Waals surface area (Å²) in [4.78, 5) is 20.6. The van der Waals surface area contributed by atoms with Gasteiger partial charge in [-0.1, -0.05) is 6.58 Å². The van der Waals surface area contributed by atoms with E-state index in [1.807, 2.05) is 0 Å². The minimum absolute atomic E-state index is 0.0928. The van der Waals surface area contributed by atoms with Crippen molar-refractivity contribution >= 4 is 34.7 Å². The highest BCUT2D eigenvalue weighted by Crippen LogP contribution is 2.35. The molecule has 0 aliphatic heterocycles. The Kier molecular flexibility index (Phi) is 6.58. The maximum atomic E-state index is 14.2. The van der Waals surface area contributed by atoms with Gasteiger partial charge in [-0.15, -0.1) is 0 Å². The van der Waals surface area contributed by atoms with Crippen molar-refractivity contribution in [1.82, 2.24) is 19.7 Å². The van der Waals surface area contributed by atoms with Crippen LogP contribution in [0.3, 0.4) is 0 Å². The van der Waals surface area contributed by atoms with Crippen molar-refractivity contribution in [2.75, 3.05) is 23.1 Å². The highest BCUT2D eigenvalue weighted by Gasteiger charge is 2.15. The molecule has 0 aliphatic carbocycles. The zero-order valence-corrected chi connectivity index (χ0v) is 18.9. The summed E-state index contributed by atoms with van der Waals surface area (Å²) in [5.41, 5.74) is 2.23. The molecule has 0 radical (unpaired) electrons. The lowest BCUT2D eigenvalue weighted by Crippen LogP contribution is -2.08. The summed E-state index contributed by atoms with van der Waals surface area (Å²) in [6.07, 6.45) is 6.01. The first-order valence-electron chi connectivity index (χ1n) is 10.4. The molecule has 4 rings (SSSR count). The van der Waals surface area contributed by atoms with Crippen LogP contribution in [-0.4, -0.2) is 37.9 Å². The quantitative estimate of drug-likeness (QED) is 0.168. The minimum Gasteiger partial charge on any atom is -0.506 e. The molecule has 0 unspecified atom stereocenters. The molecule has 1 amide bonds. The molecule has 0 fully saturated rings. The number of ether oxygens (including phenoxy) is 1. The summed E-state index contributed by atoms with van der Waals surface area (Å²) in [5, 5.41) is 23.3. The Morgan fingerprint density at radius 3 is 2.71 bits per heavy atom. The van der Waals surface area contributed by atoms with Crippen LogP contribution in [0.5, 0.6) is 11.5 Å². The van der Waals surface area contributed by atoms with Crippen LogP contribution in [0.25, 0.3) is 11.1 Å². The average Bonchev–Trinajstić information content (AvgIpc) is 3.25. The summed E-state index contributed by atoms with van der Waals surface area (Å²) in [6, 6.07) is 8.71. The van der Waals surface area contributed by atoms with Crippen LogP contribution in [-0.2, 0) is 11.8 Å². The Morgan fingerprint density at radius 1 is 1.17 bits per heavy atom. The van der Waals surface area contributed by atoms with Crippen LogP contribution in [0.2, 0.25) is 0 Å². The summed E-state index contributed by atoms with van der Waals surface area (Å²) in [6.45, 7) is 3.43. The summed E-state index contributed by atoms with van der Waals surface area (Å²) >= 11 is 0. The third-order valence-corrected chi connectivity index (χ3v) is 4.87. The van der Waals surface area contributed by atoms with Gasteiger partial charge in [0.25, 0.3) is 0 Å². The number of benzene rings is 2. The fourth-order valence-electron chi connectivity index (χ4n) is 3.23. The van der Waals surface area contributed by atoms with E-state index < -0.39 is 11.7 Å². The summed E-state index contributed by atoms with van der Waals surface area (Å²) < 4.78 is 21.1. The molecule has 11 heteroatoms. The molecule has 0 saturated carbocycles. The first kappa shape index (κ1) is 23.2. The Hall–Kier alpha value is -4.93. The molecule has 0 bridgehead atoms. The van der Waals surface area contributed by atoms with E-state index in [9.17, 15) is 14.3 Å². The predicted molar refractivity (Wildman–Crippen MR) is 131 cm³/mol. The molecule has 0 aliphatic rings. The molecule has 10 nitrogen and oxygen atoms in total. The number of hydrogen-bond donors (Lipinski definition) is 4. The van der Waals surface area contributed by atoms with Gasteiger partial charge in [0.15, 0.2) is 0 Å². The molecule has 0 saturated heterocycles. The molecule has 0 atom stereocenters. The largest absolute Gasteiger partial charge is 0.506 e. The van der Waals surface area contributed by atoms with Gasteiger partial charge in [0.05, 0.1) is 24.7 Å². The molecule has 178 valence electrons. The molecule has 4 N–H and O–H groups in total. The molecule has 35 heavy (non-hydrogen) atoms. The van der Waals surface area contributed by atoms with Crippen LogP contribution < -0.4 is 20.7 Å². The molecule has 0 spiro atoms. The number of rotatable bonds is 8. The van der Waals surface area contributed by atoms with Crippen LogP contribution in [0.1, 0.15) is 0 Å². The number of methoxy groups -OCH3 is 1. The zero-order chi connectivity index (χ0) is 24.9. The van der Waals surface area contributed by atoms with E-state index in [1.54, 1.807) is 30.2 Å². The van der Waals surface area contributed by atoms with Crippen molar-refractivity contribution in [3.63, 3.8) is 0 Å². The van der Waals surface area contributed by atoms with E-state index in [1.165, 1.54) is 43.6 Å². The van der Waals surface area contributed by atoms with Crippen molar-refractivity contribution in [3.8, 4) is 22.6 Å². The molecular weight excluding hydrogens is 453 g/mol. The second-order valence-corrected chi connectivity index (χ2v) is 7.41. The van der Waals surface area contributed by atoms with Gasteiger partial charge in [-0.3, -0.25) is 9.48 Å². The van der Waals surface area contributed by atoms with Gasteiger partial charge in [0.2, 0.25) is 11.9 Å². The first-order valence-corrected chi connectivity index (χ1v) is 10.4. The minimum atomic E-state index is -0.500. The number of aromatic nitrogens is 4. The summed E-state index contributed by atoms with van der Waals surface area (Å²) in [7, 11) is 3.22. The fraction of sp³-hybridized carbons (Fsp3) is 0.0833. The SMILES string of the molecule is C=CC(=O)Nc1ccc(O)c(Nc2nc(Nc3cnn(C)c3)ncc2-c2cc(F)cc(OC)c2)c1. The number of nitrogens with zero attached hydrogens (tertiary/aromatic N) is 4. The fourth-order valence-corrected chi connectivity index (χ4v) is 3.23. The number of carbonyl (C=O) groups excluding carboxylic acids is 1. The Labute approximate surface area is 200 Å². The van der Waals surface area contributed by atoms with E-state index in [2.05, 4.69) is 37.6 Å². The van der Waals surface area contributed by atoms with Crippen molar-refractivity contribution < 1.29 is 19.0 Å².